The van der Waals surface area contributed by atoms with Gasteiger partial charge in [0.1, 0.15) is 5.69 Å². The SMILES string of the molecule is CC.Cc1ccc(-c2ncc3c(c2F)-c2[nH]c4c(c2CC3)C(=O)NCC42CC2)cc1. The Morgan fingerprint density at radius 1 is 1.07 bits per heavy atom. The second-order valence-corrected chi connectivity index (χ2v) is 8.38. The van der Waals surface area contributed by atoms with Crippen LogP contribution < -0.4 is 5.32 Å². The van der Waals surface area contributed by atoms with Gasteiger partial charge in [-0.25, -0.2) is 4.39 Å². The first-order valence-electron chi connectivity index (χ1n) is 10.9. The number of hydrogen-bond acceptors (Lipinski definition) is 2. The molecule has 3 aliphatic rings. The normalized spacial score (nSPS) is 17.3. The van der Waals surface area contributed by atoms with E-state index in [2.05, 4.69) is 15.3 Å². The average molecular weight is 404 g/mol. The highest BCUT2D eigenvalue weighted by Gasteiger charge is 2.51. The summed E-state index contributed by atoms with van der Waals surface area (Å²) < 4.78 is 15.7. The molecule has 3 aromatic rings. The smallest absolute Gasteiger partial charge is 0.253 e. The van der Waals surface area contributed by atoms with Crippen LogP contribution in [0.3, 0.4) is 0 Å². The number of carbonyl (C=O) groups is 1. The molecule has 6 rings (SSSR count). The molecule has 5 heteroatoms. The fourth-order valence-corrected chi connectivity index (χ4v) is 4.81. The monoisotopic (exact) mass is 403 g/mol. The van der Waals surface area contributed by atoms with E-state index in [1.807, 2.05) is 45.0 Å². The van der Waals surface area contributed by atoms with Crippen molar-refractivity contribution in [3.05, 3.63) is 64.2 Å². The summed E-state index contributed by atoms with van der Waals surface area (Å²) >= 11 is 0. The van der Waals surface area contributed by atoms with Gasteiger partial charge in [-0.3, -0.25) is 9.78 Å². The van der Waals surface area contributed by atoms with Crippen molar-refractivity contribution in [1.29, 1.82) is 0 Å². The van der Waals surface area contributed by atoms with Crippen LogP contribution in [0.1, 0.15) is 59.4 Å². The van der Waals surface area contributed by atoms with Crippen LogP contribution in [0.25, 0.3) is 22.5 Å². The molecular formula is C25H26FN3O. The number of carbonyl (C=O) groups excluding carboxylic acids is 1. The zero-order chi connectivity index (χ0) is 21.0. The number of pyridine rings is 1. The summed E-state index contributed by atoms with van der Waals surface area (Å²) in [6, 6.07) is 7.75. The lowest BCUT2D eigenvalue weighted by Crippen LogP contribution is -2.39. The van der Waals surface area contributed by atoms with Gasteiger partial charge in [-0.15, -0.1) is 0 Å². The molecule has 3 heterocycles. The third kappa shape index (κ3) is 2.64. The number of amides is 1. The third-order valence-corrected chi connectivity index (χ3v) is 6.62. The summed E-state index contributed by atoms with van der Waals surface area (Å²) in [6.45, 7) is 6.69. The Balaban J connectivity index is 0.000000937. The van der Waals surface area contributed by atoms with E-state index in [1.54, 1.807) is 6.20 Å². The molecule has 1 amide bonds. The van der Waals surface area contributed by atoms with Crippen molar-refractivity contribution in [1.82, 2.24) is 15.3 Å². The number of fused-ring (bicyclic) bond motifs is 6. The Kier molecular flexibility index (Phi) is 4.31. The minimum atomic E-state index is -0.300. The summed E-state index contributed by atoms with van der Waals surface area (Å²) in [5.41, 5.74) is 7.31. The summed E-state index contributed by atoms with van der Waals surface area (Å²) in [4.78, 5) is 20.5. The molecule has 0 saturated heterocycles. The van der Waals surface area contributed by atoms with Gasteiger partial charge in [0.25, 0.3) is 5.91 Å². The van der Waals surface area contributed by atoms with Crippen LogP contribution in [0.5, 0.6) is 0 Å². The van der Waals surface area contributed by atoms with Crippen molar-refractivity contribution in [3.8, 4) is 22.5 Å². The van der Waals surface area contributed by atoms with Gasteiger partial charge in [-0.1, -0.05) is 43.7 Å². The number of nitrogens with zero attached hydrogens (tertiary/aromatic N) is 1. The molecule has 0 atom stereocenters. The van der Waals surface area contributed by atoms with E-state index in [-0.39, 0.29) is 17.1 Å². The number of aryl methyl sites for hydroxylation is 2. The van der Waals surface area contributed by atoms with E-state index >= 15 is 4.39 Å². The highest BCUT2D eigenvalue weighted by molar-refractivity contribution is 6.01. The van der Waals surface area contributed by atoms with E-state index in [1.165, 1.54) is 0 Å². The molecule has 0 bridgehead atoms. The number of aromatic amines is 1. The molecule has 2 aliphatic carbocycles. The van der Waals surface area contributed by atoms with Crippen molar-refractivity contribution in [2.75, 3.05) is 6.54 Å². The fraction of sp³-hybridized carbons (Fsp3) is 0.360. The Morgan fingerprint density at radius 2 is 1.80 bits per heavy atom. The molecule has 1 saturated carbocycles. The van der Waals surface area contributed by atoms with Gasteiger partial charge in [0.15, 0.2) is 5.82 Å². The van der Waals surface area contributed by atoms with Crippen molar-refractivity contribution in [2.24, 2.45) is 0 Å². The van der Waals surface area contributed by atoms with Gasteiger partial charge in [0.05, 0.1) is 11.3 Å². The average Bonchev–Trinajstić information content (AvgIpc) is 3.43. The highest BCUT2D eigenvalue weighted by Crippen LogP contribution is 2.53. The third-order valence-electron chi connectivity index (χ3n) is 6.62. The molecule has 2 N–H and O–H groups in total. The second kappa shape index (κ2) is 6.79. The standard InChI is InChI=1S/C23H20FN3O.C2H6/c1-12-2-4-13(5-3-12)19-18(24)16-14(10-25-19)6-7-15-17-21(27-20(15)16)23(8-9-23)11-26-22(17)28;1-2/h2-5,10,27H,6-9,11H2,1H3,(H,26,28);1-2H3. The molecule has 2 aromatic heterocycles. The number of H-pyrrole nitrogens is 1. The molecule has 0 radical (unpaired) electrons. The lowest BCUT2D eigenvalue weighted by molar-refractivity contribution is 0.0936. The first kappa shape index (κ1) is 19.0. The molecule has 1 fully saturated rings. The van der Waals surface area contributed by atoms with E-state index in [4.69, 9.17) is 0 Å². The van der Waals surface area contributed by atoms with Crippen LogP contribution in [0.2, 0.25) is 0 Å². The van der Waals surface area contributed by atoms with E-state index in [0.717, 1.165) is 58.5 Å². The van der Waals surface area contributed by atoms with Gasteiger partial charge in [0, 0.05) is 35.0 Å². The molecule has 1 aliphatic heterocycles. The summed E-state index contributed by atoms with van der Waals surface area (Å²) in [7, 11) is 0. The predicted octanol–water partition coefficient (Wildman–Crippen LogP) is 5.09. The van der Waals surface area contributed by atoms with Crippen molar-refractivity contribution in [3.63, 3.8) is 0 Å². The Labute approximate surface area is 175 Å². The quantitative estimate of drug-likeness (QED) is 0.595. The largest absolute Gasteiger partial charge is 0.357 e. The lowest BCUT2D eigenvalue weighted by Gasteiger charge is -2.23. The first-order chi connectivity index (χ1) is 14.6. The van der Waals surface area contributed by atoms with Crippen LogP contribution in [0, 0.1) is 12.7 Å². The maximum absolute atomic E-state index is 15.7. The second-order valence-electron chi connectivity index (χ2n) is 8.38. The van der Waals surface area contributed by atoms with Gasteiger partial charge < -0.3 is 10.3 Å². The minimum Gasteiger partial charge on any atom is -0.357 e. The maximum Gasteiger partial charge on any atom is 0.253 e. The Hall–Kier alpha value is -2.95. The van der Waals surface area contributed by atoms with Gasteiger partial charge in [-0.2, -0.15) is 0 Å². The Morgan fingerprint density at radius 3 is 2.50 bits per heavy atom. The summed E-state index contributed by atoms with van der Waals surface area (Å²) in [5, 5.41) is 3.04. The fourth-order valence-electron chi connectivity index (χ4n) is 4.81. The number of nitrogens with one attached hydrogen (secondary N) is 2. The minimum absolute atomic E-state index is 0.0262. The molecule has 1 aromatic carbocycles. The number of rotatable bonds is 1. The Bertz CT molecular complexity index is 1160. The van der Waals surface area contributed by atoms with Gasteiger partial charge in [0.2, 0.25) is 0 Å². The van der Waals surface area contributed by atoms with Crippen molar-refractivity contribution in [2.45, 2.75) is 51.9 Å². The lowest BCUT2D eigenvalue weighted by atomic mass is 9.85. The summed E-state index contributed by atoms with van der Waals surface area (Å²) in [5.74, 6) is -0.326. The molecule has 154 valence electrons. The van der Waals surface area contributed by atoms with Crippen LogP contribution >= 0.6 is 0 Å². The first-order valence-corrected chi connectivity index (χ1v) is 10.9. The number of aromatic nitrogens is 2. The molecule has 30 heavy (non-hydrogen) atoms. The van der Waals surface area contributed by atoms with Gasteiger partial charge >= 0.3 is 0 Å². The topological polar surface area (TPSA) is 57.8 Å². The van der Waals surface area contributed by atoms with Crippen LogP contribution in [-0.2, 0) is 18.3 Å². The highest BCUT2D eigenvalue weighted by atomic mass is 19.1. The van der Waals surface area contributed by atoms with E-state index in [9.17, 15) is 4.79 Å². The van der Waals surface area contributed by atoms with Crippen LogP contribution in [-0.4, -0.2) is 22.4 Å². The van der Waals surface area contributed by atoms with E-state index < -0.39 is 0 Å². The van der Waals surface area contributed by atoms with Gasteiger partial charge in [-0.05, 0) is 43.7 Å². The molecule has 4 nitrogen and oxygen atoms in total. The molecule has 0 unspecified atom stereocenters. The molecule has 1 spiro atoms. The predicted molar refractivity (Wildman–Crippen MR) is 116 cm³/mol. The zero-order valence-corrected chi connectivity index (χ0v) is 17.7. The summed E-state index contributed by atoms with van der Waals surface area (Å²) in [6.07, 6.45) is 5.37. The van der Waals surface area contributed by atoms with Crippen LogP contribution in [0.15, 0.2) is 30.5 Å². The number of halogens is 1. The number of benzene rings is 1. The van der Waals surface area contributed by atoms with Crippen molar-refractivity contribution < 1.29 is 9.18 Å². The van der Waals surface area contributed by atoms with E-state index in [0.29, 0.717) is 24.2 Å². The van der Waals surface area contributed by atoms with Crippen molar-refractivity contribution >= 4 is 5.91 Å². The maximum atomic E-state index is 15.7. The zero-order valence-electron chi connectivity index (χ0n) is 17.7. The number of hydrogen-bond donors (Lipinski definition) is 2. The molecular weight excluding hydrogens is 377 g/mol. The van der Waals surface area contributed by atoms with Crippen LogP contribution in [0.4, 0.5) is 4.39 Å².